The molecule has 8 heteroatoms. The Bertz CT molecular complexity index is 912. The zero-order valence-corrected chi connectivity index (χ0v) is 12.7. The fourth-order valence-electron chi connectivity index (χ4n) is 1.84. The second-order valence-corrected chi connectivity index (χ2v) is 4.88. The lowest BCUT2D eigenvalue weighted by molar-refractivity contribution is -0.255. The van der Waals surface area contributed by atoms with Crippen LogP contribution in [0.5, 0.6) is 5.88 Å². The van der Waals surface area contributed by atoms with Crippen LogP contribution in [0.2, 0.25) is 0 Å². The molecule has 1 heterocycles. The molecular formula is C15H12N3O4S-. The van der Waals surface area contributed by atoms with Gasteiger partial charge in [0.05, 0.1) is 11.7 Å². The highest BCUT2D eigenvalue weighted by atomic mass is 32.1. The van der Waals surface area contributed by atoms with Crippen molar-refractivity contribution in [3.05, 3.63) is 63.2 Å². The highest BCUT2D eigenvalue weighted by Gasteiger charge is 2.09. The summed E-state index contributed by atoms with van der Waals surface area (Å²) in [6, 6.07) is 5.69. The predicted molar refractivity (Wildman–Crippen MR) is 85.8 cm³/mol. The van der Waals surface area contributed by atoms with Gasteiger partial charge in [0, 0.05) is 12.8 Å². The monoisotopic (exact) mass is 330 g/mol. The molecule has 0 aliphatic heterocycles. The molecule has 0 bridgehead atoms. The smallest absolute Gasteiger partial charge is 0.264 e. The number of carbonyl (C=O) groups excluding carboxylic acids is 1. The maximum Gasteiger partial charge on any atom is 0.264 e. The molecule has 1 aromatic heterocycles. The second kappa shape index (κ2) is 6.84. The number of carboxylic acids is 1. The Morgan fingerprint density at radius 3 is 2.91 bits per heavy atom. The fraction of sp³-hybridized carbons (Fsp3) is 0.0667. The Balaban J connectivity index is 2.47. The largest absolute Gasteiger partial charge is 0.545 e. The Labute approximate surface area is 135 Å². The molecule has 0 unspecified atom stereocenters. The minimum atomic E-state index is -1.33. The zero-order valence-electron chi connectivity index (χ0n) is 11.9. The van der Waals surface area contributed by atoms with E-state index in [9.17, 15) is 19.8 Å². The summed E-state index contributed by atoms with van der Waals surface area (Å²) in [6.45, 7) is 3.76. The first-order valence-electron chi connectivity index (χ1n) is 6.46. The quantitative estimate of drug-likeness (QED) is 0.481. The summed E-state index contributed by atoms with van der Waals surface area (Å²) in [6.07, 6.45) is 2.65. The molecule has 0 fully saturated rings. The van der Waals surface area contributed by atoms with E-state index in [1.807, 2.05) is 0 Å². The van der Waals surface area contributed by atoms with Crippen molar-refractivity contribution in [2.24, 2.45) is 4.99 Å². The second-order valence-electron chi connectivity index (χ2n) is 4.49. The number of nitrogens with one attached hydrogen (secondary N) is 1. The van der Waals surface area contributed by atoms with Crippen LogP contribution in [0.25, 0.3) is 0 Å². The maximum absolute atomic E-state index is 11.9. The Morgan fingerprint density at radius 1 is 1.52 bits per heavy atom. The van der Waals surface area contributed by atoms with Gasteiger partial charge in [-0.2, -0.15) is 0 Å². The van der Waals surface area contributed by atoms with E-state index in [0.29, 0.717) is 5.69 Å². The first-order valence-corrected chi connectivity index (χ1v) is 6.87. The number of aromatic amines is 1. The number of benzene rings is 1. The fourth-order valence-corrected chi connectivity index (χ4v) is 2.10. The van der Waals surface area contributed by atoms with Crippen LogP contribution in [0, 0.1) is 4.77 Å². The van der Waals surface area contributed by atoms with E-state index >= 15 is 0 Å². The topological polar surface area (TPSA) is 111 Å². The van der Waals surface area contributed by atoms with Crippen LogP contribution >= 0.6 is 12.2 Å². The van der Waals surface area contributed by atoms with Crippen molar-refractivity contribution in [1.29, 1.82) is 0 Å². The van der Waals surface area contributed by atoms with Crippen LogP contribution in [0.1, 0.15) is 15.9 Å². The summed E-state index contributed by atoms with van der Waals surface area (Å²) in [5.74, 6) is -1.68. The molecule has 23 heavy (non-hydrogen) atoms. The van der Waals surface area contributed by atoms with Gasteiger partial charge >= 0.3 is 0 Å². The summed E-state index contributed by atoms with van der Waals surface area (Å²) < 4.78 is 1.34. The van der Waals surface area contributed by atoms with Gasteiger partial charge in [0.1, 0.15) is 5.56 Å². The number of carboxylic acid groups (broad SMARTS) is 1. The van der Waals surface area contributed by atoms with Gasteiger partial charge in [-0.25, -0.2) is 0 Å². The molecule has 0 radical (unpaired) electrons. The first kappa shape index (κ1) is 16.4. The zero-order chi connectivity index (χ0) is 17.0. The van der Waals surface area contributed by atoms with Crippen molar-refractivity contribution in [1.82, 2.24) is 9.55 Å². The van der Waals surface area contributed by atoms with Crippen LogP contribution in [0.4, 0.5) is 5.69 Å². The Kier molecular flexibility index (Phi) is 4.87. The molecule has 0 saturated heterocycles. The summed E-state index contributed by atoms with van der Waals surface area (Å²) in [7, 11) is 0. The van der Waals surface area contributed by atoms with Gasteiger partial charge in [0.2, 0.25) is 5.88 Å². The van der Waals surface area contributed by atoms with Crippen LogP contribution in [-0.2, 0) is 6.54 Å². The molecular weight excluding hydrogens is 318 g/mol. The number of hydrogen-bond acceptors (Lipinski definition) is 6. The average Bonchev–Trinajstić information content (AvgIpc) is 2.51. The Morgan fingerprint density at radius 2 is 2.26 bits per heavy atom. The van der Waals surface area contributed by atoms with Crippen molar-refractivity contribution in [3.8, 4) is 5.88 Å². The molecule has 0 saturated carbocycles. The van der Waals surface area contributed by atoms with Crippen molar-refractivity contribution < 1.29 is 15.0 Å². The number of H-pyrrole nitrogens is 1. The molecule has 0 aliphatic rings. The van der Waals surface area contributed by atoms with Crippen molar-refractivity contribution >= 4 is 30.1 Å². The van der Waals surface area contributed by atoms with E-state index < -0.39 is 11.5 Å². The van der Waals surface area contributed by atoms with E-state index in [1.165, 1.54) is 28.8 Å². The van der Waals surface area contributed by atoms with E-state index in [0.717, 1.165) is 6.21 Å². The lowest BCUT2D eigenvalue weighted by atomic mass is 10.2. The lowest BCUT2D eigenvalue weighted by Crippen LogP contribution is -2.21. The summed E-state index contributed by atoms with van der Waals surface area (Å²) in [5.41, 5.74) is -0.449. The summed E-state index contributed by atoms with van der Waals surface area (Å²) in [5, 5.41) is 20.9. The number of aromatic hydroxyl groups is 1. The normalized spacial score (nSPS) is 10.8. The SMILES string of the molecule is C=CCn1c(O)c(C=Nc2cccc(C(=O)[O-])c2)c(=O)[nH]c1=S. The molecule has 0 spiro atoms. The molecule has 7 nitrogen and oxygen atoms in total. The van der Waals surface area contributed by atoms with Crippen LogP contribution in [0.15, 0.2) is 46.7 Å². The van der Waals surface area contributed by atoms with E-state index in [4.69, 9.17) is 12.2 Å². The van der Waals surface area contributed by atoms with E-state index in [1.54, 1.807) is 6.07 Å². The highest BCUT2D eigenvalue weighted by Crippen LogP contribution is 2.16. The number of carbonyl (C=O) groups is 1. The predicted octanol–water partition coefficient (Wildman–Crippen LogP) is 0.912. The number of aliphatic imine (C=N–C) groups is 1. The van der Waals surface area contributed by atoms with Gasteiger partial charge in [-0.05, 0) is 29.9 Å². The van der Waals surface area contributed by atoms with Crippen molar-refractivity contribution in [2.75, 3.05) is 0 Å². The van der Waals surface area contributed by atoms with Crippen molar-refractivity contribution in [2.45, 2.75) is 6.54 Å². The molecule has 0 atom stereocenters. The molecule has 0 amide bonds. The van der Waals surface area contributed by atoms with E-state index in [2.05, 4.69) is 16.6 Å². The molecule has 1 aromatic carbocycles. The number of allylic oxidation sites excluding steroid dienone is 1. The van der Waals surface area contributed by atoms with Gasteiger partial charge in [-0.1, -0.05) is 18.2 Å². The van der Waals surface area contributed by atoms with Gasteiger partial charge in [-0.3, -0.25) is 19.3 Å². The molecule has 0 aliphatic carbocycles. The molecule has 2 N–H and O–H groups in total. The Hall–Kier alpha value is -3.00. The maximum atomic E-state index is 11.9. The van der Waals surface area contributed by atoms with Gasteiger partial charge in [-0.15, -0.1) is 6.58 Å². The number of aromatic nitrogens is 2. The van der Waals surface area contributed by atoms with Gasteiger partial charge < -0.3 is 15.0 Å². The van der Waals surface area contributed by atoms with Crippen LogP contribution in [-0.4, -0.2) is 26.8 Å². The molecule has 2 aromatic rings. The van der Waals surface area contributed by atoms with Crippen molar-refractivity contribution in [3.63, 3.8) is 0 Å². The first-order chi connectivity index (χ1) is 10.9. The minimum absolute atomic E-state index is 0.0413. The number of aromatic carboxylic acids is 1. The standard InChI is InChI=1S/C15H13N3O4S/c1-2-6-18-13(20)11(12(19)17-15(18)23)8-16-10-5-3-4-9(7-10)14(21)22/h2-5,7-8,20H,1,6H2,(H,21,22)(H,17,19,23)/p-1. The molecule has 2 rings (SSSR count). The summed E-state index contributed by atoms with van der Waals surface area (Å²) in [4.78, 5) is 29.1. The minimum Gasteiger partial charge on any atom is -0.545 e. The number of rotatable bonds is 5. The van der Waals surface area contributed by atoms with Gasteiger partial charge in [0.15, 0.2) is 4.77 Å². The third-order valence-electron chi connectivity index (χ3n) is 2.94. The van der Waals surface area contributed by atoms with Gasteiger partial charge in [0.25, 0.3) is 5.56 Å². The highest BCUT2D eigenvalue weighted by molar-refractivity contribution is 7.71. The lowest BCUT2D eigenvalue weighted by Gasteiger charge is -2.08. The average molecular weight is 330 g/mol. The number of hydrogen-bond donors (Lipinski definition) is 2. The third-order valence-corrected chi connectivity index (χ3v) is 3.27. The number of nitrogens with zero attached hydrogens (tertiary/aromatic N) is 2. The van der Waals surface area contributed by atoms with Crippen LogP contribution in [0.3, 0.4) is 0 Å². The molecule has 118 valence electrons. The van der Waals surface area contributed by atoms with E-state index in [-0.39, 0.29) is 28.3 Å². The third kappa shape index (κ3) is 3.61. The summed E-state index contributed by atoms with van der Waals surface area (Å²) >= 11 is 4.96. The van der Waals surface area contributed by atoms with Crippen LogP contribution < -0.4 is 10.7 Å².